The van der Waals surface area contributed by atoms with E-state index < -0.39 is 0 Å². The van der Waals surface area contributed by atoms with Gasteiger partial charge in [-0.05, 0) is 0 Å². The van der Waals surface area contributed by atoms with E-state index in [2.05, 4.69) is 15.6 Å². The highest BCUT2D eigenvalue weighted by Gasteiger charge is 2.00. The zero-order valence-electron chi connectivity index (χ0n) is 9.69. The Morgan fingerprint density at radius 2 is 2.25 bits per heavy atom. The van der Waals surface area contributed by atoms with E-state index in [1.165, 1.54) is 4.57 Å². The molecule has 0 bridgehead atoms. The summed E-state index contributed by atoms with van der Waals surface area (Å²) in [5, 5.41) is 6.15. The first-order chi connectivity index (χ1) is 7.75. The van der Waals surface area contributed by atoms with Crippen molar-refractivity contribution in [3.8, 4) is 0 Å². The zero-order valence-corrected chi connectivity index (χ0v) is 9.69. The second-order valence-electron chi connectivity index (χ2n) is 3.36. The van der Waals surface area contributed by atoms with E-state index in [1.807, 2.05) is 0 Å². The van der Waals surface area contributed by atoms with Gasteiger partial charge in [-0.2, -0.15) is 0 Å². The summed E-state index contributed by atoms with van der Waals surface area (Å²) in [4.78, 5) is 15.5. The van der Waals surface area contributed by atoms with Crippen LogP contribution in [0.3, 0.4) is 0 Å². The highest BCUT2D eigenvalue weighted by Crippen LogP contribution is 1.89. The summed E-state index contributed by atoms with van der Waals surface area (Å²) in [6, 6.07) is 0. The van der Waals surface area contributed by atoms with Crippen LogP contribution in [-0.4, -0.2) is 42.9 Å². The van der Waals surface area contributed by atoms with E-state index in [0.29, 0.717) is 19.0 Å². The summed E-state index contributed by atoms with van der Waals surface area (Å²) in [6.07, 6.45) is 3.23. The Bertz CT molecular complexity index is 364. The van der Waals surface area contributed by atoms with Gasteiger partial charge in [-0.1, -0.05) is 0 Å². The quantitative estimate of drug-likeness (QED) is 0.609. The Morgan fingerprint density at radius 1 is 1.44 bits per heavy atom. The van der Waals surface area contributed by atoms with Crippen LogP contribution in [-0.2, 0) is 11.8 Å². The lowest BCUT2D eigenvalue weighted by Crippen LogP contribution is -2.28. The lowest BCUT2D eigenvalue weighted by Gasteiger charge is -2.06. The van der Waals surface area contributed by atoms with Crippen molar-refractivity contribution in [3.05, 3.63) is 22.7 Å². The summed E-state index contributed by atoms with van der Waals surface area (Å²) in [7, 11) is 3.36. The van der Waals surface area contributed by atoms with Crippen LogP contribution < -0.4 is 16.2 Å². The number of aromatic nitrogens is 2. The highest BCUT2D eigenvalue weighted by atomic mass is 16.5. The fourth-order valence-corrected chi connectivity index (χ4v) is 1.19. The molecular weight excluding hydrogens is 208 g/mol. The van der Waals surface area contributed by atoms with Crippen molar-refractivity contribution in [2.24, 2.45) is 7.05 Å². The molecule has 0 aliphatic carbocycles. The van der Waals surface area contributed by atoms with E-state index in [0.717, 1.165) is 13.1 Å². The zero-order chi connectivity index (χ0) is 11.8. The Kier molecular flexibility index (Phi) is 5.52. The fraction of sp³-hybridized carbons (Fsp3) is 0.600. The summed E-state index contributed by atoms with van der Waals surface area (Å²) < 4.78 is 6.39. The Balaban J connectivity index is 2.27. The van der Waals surface area contributed by atoms with E-state index in [-0.39, 0.29) is 5.56 Å². The van der Waals surface area contributed by atoms with Gasteiger partial charge in [0.15, 0.2) is 5.82 Å². The molecule has 1 aromatic heterocycles. The maximum Gasteiger partial charge on any atom is 0.293 e. The highest BCUT2D eigenvalue weighted by molar-refractivity contribution is 5.30. The second kappa shape index (κ2) is 6.97. The molecule has 0 radical (unpaired) electrons. The van der Waals surface area contributed by atoms with E-state index in [1.54, 1.807) is 26.6 Å². The number of anilines is 1. The van der Waals surface area contributed by atoms with Crippen LogP contribution in [0.15, 0.2) is 17.2 Å². The third-order valence-corrected chi connectivity index (χ3v) is 2.09. The van der Waals surface area contributed by atoms with Crippen molar-refractivity contribution in [3.63, 3.8) is 0 Å². The van der Waals surface area contributed by atoms with Gasteiger partial charge in [-0.25, -0.2) is 4.98 Å². The van der Waals surface area contributed by atoms with Crippen molar-refractivity contribution in [2.45, 2.75) is 0 Å². The molecule has 1 heterocycles. The van der Waals surface area contributed by atoms with Crippen molar-refractivity contribution in [1.82, 2.24) is 14.9 Å². The fourth-order valence-electron chi connectivity index (χ4n) is 1.19. The van der Waals surface area contributed by atoms with Crippen molar-refractivity contribution in [1.29, 1.82) is 0 Å². The molecule has 6 nitrogen and oxygen atoms in total. The molecule has 0 aliphatic rings. The van der Waals surface area contributed by atoms with Crippen LogP contribution >= 0.6 is 0 Å². The summed E-state index contributed by atoms with van der Waals surface area (Å²) in [5.41, 5.74) is -0.112. The topological polar surface area (TPSA) is 68.2 Å². The molecule has 0 atom stereocenters. The van der Waals surface area contributed by atoms with Crippen molar-refractivity contribution in [2.75, 3.05) is 38.7 Å². The van der Waals surface area contributed by atoms with Crippen LogP contribution in [0, 0.1) is 0 Å². The summed E-state index contributed by atoms with van der Waals surface area (Å²) >= 11 is 0. The Labute approximate surface area is 94.6 Å². The molecule has 0 unspecified atom stereocenters. The van der Waals surface area contributed by atoms with E-state index >= 15 is 0 Å². The minimum Gasteiger partial charge on any atom is -0.383 e. The lowest BCUT2D eigenvalue weighted by molar-refractivity contribution is 0.200. The number of methoxy groups -OCH3 is 1. The molecule has 0 aliphatic heterocycles. The minimum absolute atomic E-state index is 0.112. The van der Waals surface area contributed by atoms with Gasteiger partial charge in [-0.15, -0.1) is 0 Å². The summed E-state index contributed by atoms with van der Waals surface area (Å²) in [5.74, 6) is 0.388. The van der Waals surface area contributed by atoms with Crippen LogP contribution in [0.25, 0.3) is 0 Å². The maximum atomic E-state index is 11.5. The molecule has 0 aromatic carbocycles. The monoisotopic (exact) mass is 226 g/mol. The molecule has 1 rings (SSSR count). The SMILES string of the molecule is COCCNCCNc1nccn(C)c1=O. The third kappa shape index (κ3) is 4.00. The van der Waals surface area contributed by atoms with Gasteiger partial charge in [-0.3, -0.25) is 4.79 Å². The molecule has 0 saturated carbocycles. The van der Waals surface area contributed by atoms with Crippen LogP contribution in [0.5, 0.6) is 0 Å². The summed E-state index contributed by atoms with van der Waals surface area (Å²) in [6.45, 7) is 2.92. The molecule has 90 valence electrons. The minimum atomic E-state index is -0.112. The van der Waals surface area contributed by atoms with Gasteiger partial charge in [0.05, 0.1) is 6.61 Å². The van der Waals surface area contributed by atoms with Gasteiger partial charge in [0, 0.05) is 46.2 Å². The average molecular weight is 226 g/mol. The largest absolute Gasteiger partial charge is 0.383 e. The van der Waals surface area contributed by atoms with Crippen molar-refractivity contribution >= 4 is 5.82 Å². The van der Waals surface area contributed by atoms with Gasteiger partial charge in [0.1, 0.15) is 0 Å². The molecule has 6 heteroatoms. The predicted molar refractivity (Wildman–Crippen MR) is 62.7 cm³/mol. The van der Waals surface area contributed by atoms with E-state index in [4.69, 9.17) is 4.74 Å². The third-order valence-electron chi connectivity index (χ3n) is 2.09. The molecule has 0 fully saturated rings. The first-order valence-electron chi connectivity index (χ1n) is 5.21. The van der Waals surface area contributed by atoms with Crippen LogP contribution in [0.4, 0.5) is 5.82 Å². The molecular formula is C10H18N4O2. The number of hydrogen-bond donors (Lipinski definition) is 2. The average Bonchev–Trinajstić information content (AvgIpc) is 2.29. The standard InChI is InChI=1S/C10H18N4O2/c1-14-7-5-13-9(10(14)15)12-4-3-11-6-8-16-2/h5,7,11H,3-4,6,8H2,1-2H3,(H,12,13). The molecule has 1 aromatic rings. The first kappa shape index (κ1) is 12.7. The smallest absolute Gasteiger partial charge is 0.293 e. The molecule has 0 amide bonds. The number of rotatable bonds is 7. The number of nitrogens with zero attached hydrogens (tertiary/aromatic N) is 2. The predicted octanol–water partition coefficient (Wildman–Crippen LogP) is -0.572. The van der Waals surface area contributed by atoms with Gasteiger partial charge in [0.2, 0.25) is 0 Å². The molecule has 0 spiro atoms. The van der Waals surface area contributed by atoms with Crippen LogP contribution in [0.2, 0.25) is 0 Å². The molecule has 2 N–H and O–H groups in total. The number of hydrogen-bond acceptors (Lipinski definition) is 5. The second-order valence-corrected chi connectivity index (χ2v) is 3.36. The Hall–Kier alpha value is -1.40. The van der Waals surface area contributed by atoms with Crippen LogP contribution in [0.1, 0.15) is 0 Å². The van der Waals surface area contributed by atoms with Crippen molar-refractivity contribution < 1.29 is 4.74 Å². The Morgan fingerprint density at radius 3 is 3.00 bits per heavy atom. The maximum absolute atomic E-state index is 11.5. The molecule has 16 heavy (non-hydrogen) atoms. The van der Waals surface area contributed by atoms with Gasteiger partial charge in [0.25, 0.3) is 5.56 Å². The van der Waals surface area contributed by atoms with E-state index in [9.17, 15) is 4.79 Å². The number of aryl methyl sites for hydroxylation is 1. The van der Waals surface area contributed by atoms with Gasteiger partial charge < -0.3 is 19.9 Å². The number of nitrogens with one attached hydrogen (secondary N) is 2. The first-order valence-corrected chi connectivity index (χ1v) is 5.21. The van der Waals surface area contributed by atoms with Gasteiger partial charge >= 0.3 is 0 Å². The molecule has 0 saturated heterocycles. The normalized spacial score (nSPS) is 10.4. The lowest BCUT2D eigenvalue weighted by atomic mass is 10.5. The number of ether oxygens (including phenoxy) is 1.